The molecule has 1 aliphatic rings. The number of nitrogens with one attached hydrogen (secondary N) is 1. The van der Waals surface area contributed by atoms with Gasteiger partial charge in [-0.05, 0) is 43.4 Å². The highest BCUT2D eigenvalue weighted by molar-refractivity contribution is 5.94. The van der Waals surface area contributed by atoms with E-state index in [2.05, 4.69) is 5.32 Å². The van der Waals surface area contributed by atoms with Crippen LogP contribution in [0.5, 0.6) is 5.75 Å². The SMILES string of the molecule is COc1cc(C(=O)NCC2CCCC(N)C2)ccc1F.Cl. The first-order valence-corrected chi connectivity index (χ1v) is 6.97. The van der Waals surface area contributed by atoms with Gasteiger partial charge in [0.05, 0.1) is 7.11 Å². The van der Waals surface area contributed by atoms with Gasteiger partial charge in [0.2, 0.25) is 0 Å². The maximum absolute atomic E-state index is 13.3. The average Bonchev–Trinajstić information content (AvgIpc) is 2.45. The summed E-state index contributed by atoms with van der Waals surface area (Å²) in [5, 5.41) is 2.89. The van der Waals surface area contributed by atoms with Gasteiger partial charge in [-0.15, -0.1) is 12.4 Å². The van der Waals surface area contributed by atoms with Crippen LogP contribution in [0.1, 0.15) is 36.0 Å². The molecule has 0 aromatic heterocycles. The van der Waals surface area contributed by atoms with Crippen LogP contribution in [0.15, 0.2) is 18.2 Å². The molecule has 2 atom stereocenters. The van der Waals surface area contributed by atoms with Crippen LogP contribution in [0, 0.1) is 11.7 Å². The molecule has 0 bridgehead atoms. The fourth-order valence-corrected chi connectivity index (χ4v) is 2.66. The van der Waals surface area contributed by atoms with Crippen LogP contribution in [-0.2, 0) is 0 Å². The second-order valence-electron chi connectivity index (χ2n) is 5.35. The first-order chi connectivity index (χ1) is 9.60. The monoisotopic (exact) mass is 316 g/mol. The van der Waals surface area contributed by atoms with Gasteiger partial charge in [0.15, 0.2) is 11.6 Å². The number of hydrogen-bond donors (Lipinski definition) is 2. The number of methoxy groups -OCH3 is 1. The van der Waals surface area contributed by atoms with Crippen LogP contribution in [0.2, 0.25) is 0 Å². The van der Waals surface area contributed by atoms with Crippen LogP contribution in [0.25, 0.3) is 0 Å². The van der Waals surface area contributed by atoms with Gasteiger partial charge < -0.3 is 15.8 Å². The molecule has 1 amide bonds. The Kier molecular flexibility index (Phi) is 6.92. The van der Waals surface area contributed by atoms with Crippen molar-refractivity contribution in [3.8, 4) is 5.75 Å². The van der Waals surface area contributed by atoms with E-state index in [1.807, 2.05) is 0 Å². The summed E-state index contributed by atoms with van der Waals surface area (Å²) < 4.78 is 18.2. The normalized spacial score (nSPS) is 21.3. The predicted molar refractivity (Wildman–Crippen MR) is 82.5 cm³/mol. The standard InChI is InChI=1S/C15H21FN2O2.ClH/c1-20-14-8-11(5-6-13(14)16)15(19)18-9-10-3-2-4-12(17)7-10;/h5-6,8,10,12H,2-4,7,9,17H2,1H3,(H,18,19);1H. The maximum Gasteiger partial charge on any atom is 0.251 e. The van der Waals surface area contributed by atoms with Gasteiger partial charge in [-0.2, -0.15) is 0 Å². The number of rotatable bonds is 4. The lowest BCUT2D eigenvalue weighted by Crippen LogP contribution is -2.35. The molecule has 0 spiro atoms. The summed E-state index contributed by atoms with van der Waals surface area (Å²) in [4.78, 5) is 12.0. The molecule has 1 fully saturated rings. The van der Waals surface area contributed by atoms with Crippen LogP contribution in [-0.4, -0.2) is 25.6 Å². The molecular weight excluding hydrogens is 295 g/mol. The summed E-state index contributed by atoms with van der Waals surface area (Å²) in [5.41, 5.74) is 6.33. The summed E-state index contributed by atoms with van der Waals surface area (Å²) >= 11 is 0. The molecule has 6 heteroatoms. The first kappa shape index (κ1) is 17.7. The Hall–Kier alpha value is -1.33. The van der Waals surface area contributed by atoms with E-state index in [-0.39, 0.29) is 30.1 Å². The molecule has 0 saturated heterocycles. The average molecular weight is 317 g/mol. The molecule has 21 heavy (non-hydrogen) atoms. The van der Waals surface area contributed by atoms with E-state index in [1.165, 1.54) is 25.3 Å². The maximum atomic E-state index is 13.3. The van der Waals surface area contributed by atoms with Gasteiger partial charge in [-0.1, -0.05) is 6.42 Å². The van der Waals surface area contributed by atoms with E-state index in [9.17, 15) is 9.18 Å². The summed E-state index contributed by atoms with van der Waals surface area (Å²) in [7, 11) is 1.38. The third-order valence-corrected chi connectivity index (χ3v) is 3.79. The molecule has 1 aromatic carbocycles. The molecule has 118 valence electrons. The van der Waals surface area contributed by atoms with Crippen molar-refractivity contribution in [3.05, 3.63) is 29.6 Å². The topological polar surface area (TPSA) is 64.3 Å². The third kappa shape index (κ3) is 4.86. The van der Waals surface area contributed by atoms with Crippen LogP contribution in [0.3, 0.4) is 0 Å². The summed E-state index contributed by atoms with van der Waals surface area (Å²) in [5.74, 6) is -0.160. The highest BCUT2D eigenvalue weighted by Gasteiger charge is 2.20. The van der Waals surface area contributed by atoms with Gasteiger partial charge in [0, 0.05) is 18.2 Å². The first-order valence-electron chi connectivity index (χ1n) is 6.97. The Labute approximate surface area is 130 Å². The molecule has 3 N–H and O–H groups in total. The quantitative estimate of drug-likeness (QED) is 0.897. The van der Waals surface area contributed by atoms with E-state index < -0.39 is 5.82 Å². The smallest absolute Gasteiger partial charge is 0.251 e. The molecule has 1 aromatic rings. The zero-order chi connectivity index (χ0) is 14.5. The van der Waals surface area contributed by atoms with E-state index in [0.717, 1.165) is 25.7 Å². The second-order valence-corrected chi connectivity index (χ2v) is 5.35. The lowest BCUT2D eigenvalue weighted by Gasteiger charge is -2.26. The van der Waals surface area contributed by atoms with Gasteiger partial charge in [0.1, 0.15) is 0 Å². The van der Waals surface area contributed by atoms with Crippen LogP contribution in [0.4, 0.5) is 4.39 Å². The Morgan fingerprint density at radius 2 is 2.24 bits per heavy atom. The number of benzene rings is 1. The van der Waals surface area contributed by atoms with Gasteiger partial charge in [0.25, 0.3) is 5.91 Å². The Bertz CT molecular complexity index is 485. The van der Waals surface area contributed by atoms with Crippen molar-refractivity contribution in [3.63, 3.8) is 0 Å². The Morgan fingerprint density at radius 1 is 1.48 bits per heavy atom. The minimum absolute atomic E-state index is 0. The second kappa shape index (κ2) is 8.20. The third-order valence-electron chi connectivity index (χ3n) is 3.79. The van der Waals surface area contributed by atoms with E-state index in [4.69, 9.17) is 10.5 Å². The molecule has 2 rings (SSSR count). The largest absolute Gasteiger partial charge is 0.494 e. The number of halogens is 2. The van der Waals surface area contributed by atoms with Gasteiger partial charge in [-0.3, -0.25) is 4.79 Å². The fourth-order valence-electron chi connectivity index (χ4n) is 2.66. The van der Waals surface area contributed by atoms with Crippen molar-refractivity contribution in [2.45, 2.75) is 31.7 Å². The molecule has 1 saturated carbocycles. The van der Waals surface area contributed by atoms with Crippen molar-refractivity contribution in [2.75, 3.05) is 13.7 Å². The van der Waals surface area contributed by atoms with Gasteiger partial charge in [-0.25, -0.2) is 4.39 Å². The van der Waals surface area contributed by atoms with E-state index in [0.29, 0.717) is 18.0 Å². The molecule has 1 aliphatic carbocycles. The van der Waals surface area contributed by atoms with Crippen molar-refractivity contribution in [1.82, 2.24) is 5.32 Å². The highest BCUT2D eigenvalue weighted by Crippen LogP contribution is 2.22. The molecule has 0 radical (unpaired) electrons. The fraction of sp³-hybridized carbons (Fsp3) is 0.533. The minimum Gasteiger partial charge on any atom is -0.494 e. The molecule has 2 unspecified atom stereocenters. The lowest BCUT2D eigenvalue weighted by molar-refractivity contribution is 0.0942. The van der Waals surface area contributed by atoms with Crippen LogP contribution >= 0.6 is 12.4 Å². The number of ether oxygens (including phenoxy) is 1. The summed E-state index contributed by atoms with van der Waals surface area (Å²) in [6.45, 7) is 0.617. The Balaban J connectivity index is 0.00000220. The van der Waals surface area contributed by atoms with E-state index in [1.54, 1.807) is 0 Å². The summed E-state index contributed by atoms with van der Waals surface area (Å²) in [6.07, 6.45) is 4.24. The molecule has 0 heterocycles. The predicted octanol–water partition coefficient (Wildman–Crippen LogP) is 2.50. The number of hydrogen-bond acceptors (Lipinski definition) is 3. The number of carbonyl (C=O) groups is 1. The number of amides is 1. The van der Waals surface area contributed by atoms with E-state index >= 15 is 0 Å². The summed E-state index contributed by atoms with van der Waals surface area (Å²) in [6, 6.07) is 4.36. The Morgan fingerprint density at radius 3 is 2.90 bits per heavy atom. The molecule has 4 nitrogen and oxygen atoms in total. The minimum atomic E-state index is -0.470. The molecule has 0 aliphatic heterocycles. The van der Waals surface area contributed by atoms with Crippen molar-refractivity contribution >= 4 is 18.3 Å². The van der Waals surface area contributed by atoms with Crippen molar-refractivity contribution in [2.24, 2.45) is 11.7 Å². The number of nitrogens with two attached hydrogens (primary N) is 1. The number of carbonyl (C=O) groups excluding carboxylic acids is 1. The van der Waals surface area contributed by atoms with Gasteiger partial charge >= 0.3 is 0 Å². The zero-order valence-electron chi connectivity index (χ0n) is 12.1. The van der Waals surface area contributed by atoms with Crippen molar-refractivity contribution < 1.29 is 13.9 Å². The molecular formula is C15H22ClFN2O2. The highest BCUT2D eigenvalue weighted by atomic mass is 35.5. The van der Waals surface area contributed by atoms with Crippen molar-refractivity contribution in [1.29, 1.82) is 0 Å². The lowest BCUT2D eigenvalue weighted by atomic mass is 9.86. The van der Waals surface area contributed by atoms with Crippen LogP contribution < -0.4 is 15.8 Å². The zero-order valence-corrected chi connectivity index (χ0v) is 12.9.